The number of methoxy groups -OCH3 is 1. The summed E-state index contributed by atoms with van der Waals surface area (Å²) in [6.45, 7) is -3.05. The molecular weight excluding hydrogens is 412 g/mol. The van der Waals surface area contributed by atoms with Gasteiger partial charge in [-0.15, -0.1) is 10.2 Å². The number of nitrogens with zero attached hydrogens (tertiary/aromatic N) is 3. The Bertz CT molecular complexity index is 1120. The van der Waals surface area contributed by atoms with E-state index in [-0.39, 0.29) is 23.8 Å². The van der Waals surface area contributed by atoms with Gasteiger partial charge in [-0.3, -0.25) is 19.5 Å². The first-order chi connectivity index (χ1) is 15.0. The van der Waals surface area contributed by atoms with E-state index in [1.807, 2.05) is 0 Å². The zero-order valence-corrected chi connectivity index (χ0v) is 16.2. The third-order valence-corrected chi connectivity index (χ3v) is 4.65. The molecule has 1 atom stereocenters. The monoisotopic (exact) mass is 429 g/mol. The highest BCUT2D eigenvalue weighted by molar-refractivity contribution is 6.02. The number of alkyl halides is 2. The van der Waals surface area contributed by atoms with E-state index in [2.05, 4.69) is 25.6 Å². The number of fused-ring (bicyclic) bond motifs is 1. The van der Waals surface area contributed by atoms with Gasteiger partial charge in [0.05, 0.1) is 19.2 Å². The van der Waals surface area contributed by atoms with E-state index in [0.29, 0.717) is 17.1 Å². The molecule has 0 aliphatic carbocycles. The Morgan fingerprint density at radius 2 is 1.94 bits per heavy atom. The van der Waals surface area contributed by atoms with Gasteiger partial charge in [0.1, 0.15) is 17.5 Å². The number of ether oxygens (including phenoxy) is 2. The van der Waals surface area contributed by atoms with E-state index in [9.17, 15) is 18.4 Å². The van der Waals surface area contributed by atoms with Crippen molar-refractivity contribution in [1.29, 1.82) is 0 Å². The number of carbonyl (C=O) groups excluding carboxylic acids is 2. The molecule has 31 heavy (non-hydrogen) atoms. The van der Waals surface area contributed by atoms with Crippen molar-refractivity contribution in [2.24, 2.45) is 0 Å². The van der Waals surface area contributed by atoms with Gasteiger partial charge in [0.2, 0.25) is 17.8 Å². The van der Waals surface area contributed by atoms with Gasteiger partial charge in [-0.25, -0.2) is 0 Å². The van der Waals surface area contributed by atoms with Crippen LogP contribution in [0.25, 0.3) is 11.4 Å². The summed E-state index contributed by atoms with van der Waals surface area (Å²) in [5, 5.41) is 13.2. The Balaban J connectivity index is 1.67. The first-order valence-electron chi connectivity index (χ1n) is 9.20. The van der Waals surface area contributed by atoms with Crippen LogP contribution in [0.15, 0.2) is 48.5 Å². The molecule has 0 fully saturated rings. The number of para-hydroxylation sites is 2. The number of anilines is 2. The number of benzene rings is 2. The third kappa shape index (κ3) is 4.15. The van der Waals surface area contributed by atoms with Crippen molar-refractivity contribution >= 4 is 23.5 Å². The second-order valence-corrected chi connectivity index (χ2v) is 6.58. The molecule has 11 heteroatoms. The Labute approximate surface area is 175 Å². The predicted octanol–water partition coefficient (Wildman–Crippen LogP) is 3.08. The van der Waals surface area contributed by atoms with Gasteiger partial charge < -0.3 is 14.8 Å². The van der Waals surface area contributed by atoms with Crippen LogP contribution in [0.4, 0.5) is 20.4 Å². The van der Waals surface area contributed by atoms with Gasteiger partial charge in [0.25, 0.3) is 0 Å². The van der Waals surface area contributed by atoms with Crippen LogP contribution in [0.1, 0.15) is 12.5 Å². The zero-order valence-electron chi connectivity index (χ0n) is 16.2. The number of aromatic nitrogens is 3. The molecule has 4 rings (SSSR count). The number of rotatable bonds is 6. The van der Waals surface area contributed by atoms with Gasteiger partial charge in [0.15, 0.2) is 5.82 Å². The maximum atomic E-state index is 13.1. The second-order valence-electron chi connectivity index (χ2n) is 6.58. The summed E-state index contributed by atoms with van der Waals surface area (Å²) in [7, 11) is 1.54. The van der Waals surface area contributed by atoms with Gasteiger partial charge in [0, 0.05) is 5.56 Å². The van der Waals surface area contributed by atoms with E-state index in [1.54, 1.807) is 37.4 Å². The SMILES string of the molecule is COc1ccc(-c2nnc3n2C(C(=O)Nc2ccccc2OC(F)F)CC(=O)N3)cc1. The normalized spacial score (nSPS) is 15.2. The van der Waals surface area contributed by atoms with E-state index in [4.69, 9.17) is 4.74 Å². The molecule has 1 aliphatic heterocycles. The maximum absolute atomic E-state index is 13.1. The molecule has 0 bridgehead atoms. The smallest absolute Gasteiger partial charge is 0.387 e. The predicted molar refractivity (Wildman–Crippen MR) is 106 cm³/mol. The topological polar surface area (TPSA) is 107 Å². The van der Waals surface area contributed by atoms with Crippen LogP contribution in [-0.2, 0) is 9.59 Å². The summed E-state index contributed by atoms with van der Waals surface area (Å²) in [5.41, 5.74) is 0.703. The number of amides is 2. The summed E-state index contributed by atoms with van der Waals surface area (Å²) >= 11 is 0. The number of halogens is 2. The molecule has 9 nitrogen and oxygen atoms in total. The molecule has 0 radical (unpaired) electrons. The average Bonchev–Trinajstić information content (AvgIpc) is 3.18. The van der Waals surface area contributed by atoms with Crippen LogP contribution < -0.4 is 20.1 Å². The van der Waals surface area contributed by atoms with Crippen molar-refractivity contribution in [3.63, 3.8) is 0 Å². The summed E-state index contributed by atoms with van der Waals surface area (Å²) in [6, 6.07) is 11.7. The summed E-state index contributed by atoms with van der Waals surface area (Å²) in [5.74, 6) is -0.102. The Morgan fingerprint density at radius 1 is 1.19 bits per heavy atom. The number of carbonyl (C=O) groups is 2. The highest BCUT2D eigenvalue weighted by Gasteiger charge is 2.34. The fourth-order valence-electron chi connectivity index (χ4n) is 3.25. The van der Waals surface area contributed by atoms with Crippen LogP contribution in [0.3, 0.4) is 0 Å². The molecule has 1 aromatic heterocycles. The van der Waals surface area contributed by atoms with E-state index < -0.39 is 24.5 Å². The second kappa shape index (κ2) is 8.38. The minimum Gasteiger partial charge on any atom is -0.497 e. The lowest BCUT2D eigenvalue weighted by Gasteiger charge is -2.25. The highest BCUT2D eigenvalue weighted by Crippen LogP contribution is 2.33. The molecule has 160 valence electrons. The molecule has 3 aromatic rings. The standard InChI is InChI=1S/C20H17F2N5O4/c1-30-12-8-6-11(7-9-12)17-25-26-20-24-16(28)10-14(27(17)20)18(29)23-13-4-2-3-5-15(13)31-19(21)22/h2-9,14,19H,10H2,1H3,(H,23,29)(H,24,26,28). The Kier molecular flexibility index (Phi) is 5.48. The Morgan fingerprint density at radius 3 is 2.65 bits per heavy atom. The molecule has 0 spiro atoms. The maximum Gasteiger partial charge on any atom is 0.387 e. The van der Waals surface area contributed by atoms with E-state index in [0.717, 1.165) is 0 Å². The van der Waals surface area contributed by atoms with Crippen LogP contribution >= 0.6 is 0 Å². The molecule has 2 heterocycles. The van der Waals surface area contributed by atoms with Crippen molar-refractivity contribution < 1.29 is 27.8 Å². The lowest BCUT2D eigenvalue weighted by molar-refractivity contribution is -0.125. The number of nitrogens with one attached hydrogen (secondary N) is 2. The van der Waals surface area contributed by atoms with Gasteiger partial charge in [-0.1, -0.05) is 12.1 Å². The van der Waals surface area contributed by atoms with E-state index in [1.165, 1.54) is 22.8 Å². The summed E-state index contributed by atoms with van der Waals surface area (Å²) < 4.78 is 36.4. The van der Waals surface area contributed by atoms with Crippen LogP contribution in [-0.4, -0.2) is 40.3 Å². The largest absolute Gasteiger partial charge is 0.497 e. The van der Waals surface area contributed by atoms with Crippen molar-refractivity contribution in [2.45, 2.75) is 19.1 Å². The number of hydrogen-bond donors (Lipinski definition) is 2. The minimum atomic E-state index is -3.05. The molecular formula is C20H17F2N5O4. The lowest BCUT2D eigenvalue weighted by atomic mass is 10.1. The fraction of sp³-hybridized carbons (Fsp3) is 0.200. The fourth-order valence-corrected chi connectivity index (χ4v) is 3.25. The minimum absolute atomic E-state index is 0.0550. The van der Waals surface area contributed by atoms with Gasteiger partial charge >= 0.3 is 6.61 Å². The first-order valence-corrected chi connectivity index (χ1v) is 9.20. The summed E-state index contributed by atoms with van der Waals surface area (Å²) in [6.07, 6.45) is -0.183. The van der Waals surface area contributed by atoms with E-state index >= 15 is 0 Å². The van der Waals surface area contributed by atoms with Crippen LogP contribution in [0.5, 0.6) is 11.5 Å². The molecule has 1 aliphatic rings. The van der Waals surface area contributed by atoms with Crippen LogP contribution in [0.2, 0.25) is 0 Å². The first kappa shape index (κ1) is 20.3. The number of hydrogen-bond acceptors (Lipinski definition) is 6. The molecule has 0 saturated heterocycles. The molecule has 2 amide bonds. The van der Waals surface area contributed by atoms with Gasteiger partial charge in [-0.05, 0) is 36.4 Å². The quantitative estimate of drug-likeness (QED) is 0.624. The van der Waals surface area contributed by atoms with Crippen molar-refractivity contribution in [2.75, 3.05) is 17.7 Å². The highest BCUT2D eigenvalue weighted by atomic mass is 19.3. The van der Waals surface area contributed by atoms with Gasteiger partial charge in [-0.2, -0.15) is 8.78 Å². The molecule has 0 saturated carbocycles. The Hall–Kier alpha value is -4.02. The summed E-state index contributed by atoms with van der Waals surface area (Å²) in [4.78, 5) is 25.2. The third-order valence-electron chi connectivity index (χ3n) is 4.65. The van der Waals surface area contributed by atoms with Crippen molar-refractivity contribution in [3.05, 3.63) is 48.5 Å². The lowest BCUT2D eigenvalue weighted by Crippen LogP contribution is -2.35. The van der Waals surface area contributed by atoms with Crippen LogP contribution in [0, 0.1) is 0 Å². The van der Waals surface area contributed by atoms with Crippen molar-refractivity contribution in [3.8, 4) is 22.9 Å². The zero-order chi connectivity index (χ0) is 22.0. The molecule has 2 N–H and O–H groups in total. The molecule has 1 unspecified atom stereocenters. The molecule has 2 aromatic carbocycles. The van der Waals surface area contributed by atoms with Crippen molar-refractivity contribution in [1.82, 2.24) is 14.8 Å². The average molecular weight is 429 g/mol.